The molecule has 3 aromatic rings. The van der Waals surface area contributed by atoms with Gasteiger partial charge in [0.15, 0.2) is 6.23 Å². The molecule has 5 atom stereocenters. The molecule has 2 heterocycles. The molecule has 55 heavy (non-hydrogen) atoms. The zero-order chi connectivity index (χ0) is 40.5. The van der Waals surface area contributed by atoms with Gasteiger partial charge in [0.25, 0.3) is 5.91 Å². The number of para-hydroxylation sites is 1. The van der Waals surface area contributed by atoms with Gasteiger partial charge in [0.1, 0.15) is 34.7 Å². The van der Waals surface area contributed by atoms with Crippen molar-refractivity contribution in [3.63, 3.8) is 0 Å². The summed E-state index contributed by atoms with van der Waals surface area (Å²) >= 11 is 0. The molecule has 1 aliphatic carbocycles. The Bertz CT molecular complexity index is 2060. The van der Waals surface area contributed by atoms with E-state index in [0.717, 1.165) is 4.31 Å². The number of carbonyl (C=O) groups is 4. The van der Waals surface area contributed by atoms with E-state index < -0.39 is 74.8 Å². The number of methoxy groups -OCH3 is 1. The molecule has 16 heteroatoms. The van der Waals surface area contributed by atoms with Crippen LogP contribution in [0, 0.1) is 11.3 Å². The van der Waals surface area contributed by atoms with Crippen molar-refractivity contribution in [3.8, 4) is 11.5 Å². The van der Waals surface area contributed by atoms with Gasteiger partial charge in [-0.05, 0) is 69.4 Å². The van der Waals surface area contributed by atoms with E-state index in [4.69, 9.17) is 14.2 Å². The SMILES string of the molecule is C=CC1CC1(NC(=O)[C@@H]1CC[C@@H](Oc2ccnc3cc(OC)ccc23)N1C(=O)[C@H](NC(=O)OC(C)(C)C)C(C)(C)C)C(=O)NS(=O)(=O)N(C)c1ccccc1. The Morgan fingerprint density at radius 1 is 1.04 bits per heavy atom. The predicted octanol–water partition coefficient (Wildman–Crippen LogP) is 4.44. The van der Waals surface area contributed by atoms with Crippen molar-refractivity contribution in [1.82, 2.24) is 25.2 Å². The van der Waals surface area contributed by atoms with Crippen LogP contribution < -0.4 is 29.1 Å². The molecular weight excluding hydrogens is 729 g/mol. The summed E-state index contributed by atoms with van der Waals surface area (Å²) in [5.41, 5.74) is -2.49. The van der Waals surface area contributed by atoms with Crippen LogP contribution >= 0.6 is 0 Å². The van der Waals surface area contributed by atoms with Crippen LogP contribution in [0.5, 0.6) is 11.5 Å². The second-order valence-corrected chi connectivity index (χ2v) is 17.5. The highest BCUT2D eigenvalue weighted by Crippen LogP contribution is 2.45. The zero-order valence-corrected chi connectivity index (χ0v) is 33.2. The summed E-state index contributed by atoms with van der Waals surface area (Å²) in [6.45, 7) is 14.2. The monoisotopic (exact) mass is 778 g/mol. The van der Waals surface area contributed by atoms with Crippen LogP contribution in [0.1, 0.15) is 60.8 Å². The van der Waals surface area contributed by atoms with Gasteiger partial charge in [-0.15, -0.1) is 6.58 Å². The van der Waals surface area contributed by atoms with Gasteiger partial charge >= 0.3 is 16.3 Å². The highest BCUT2D eigenvalue weighted by molar-refractivity contribution is 7.91. The number of anilines is 1. The fraction of sp³-hybridized carbons (Fsp3) is 0.462. The number of nitrogens with zero attached hydrogens (tertiary/aromatic N) is 3. The molecule has 3 N–H and O–H groups in total. The normalized spacial score (nSPS) is 21.5. The van der Waals surface area contributed by atoms with Gasteiger partial charge in [0.2, 0.25) is 11.8 Å². The van der Waals surface area contributed by atoms with Gasteiger partial charge in [0, 0.05) is 37.0 Å². The van der Waals surface area contributed by atoms with E-state index in [-0.39, 0.29) is 19.3 Å². The van der Waals surface area contributed by atoms with Crippen LogP contribution in [0.25, 0.3) is 10.9 Å². The Kier molecular flexibility index (Phi) is 11.4. The maximum absolute atomic E-state index is 14.8. The number of ether oxygens (including phenoxy) is 3. The minimum absolute atomic E-state index is 0.0799. The van der Waals surface area contributed by atoms with Gasteiger partial charge in [-0.25, -0.2) is 9.52 Å². The molecule has 15 nitrogen and oxygen atoms in total. The number of benzene rings is 2. The Hall–Kier alpha value is -5.38. The Labute approximate surface area is 321 Å². The minimum atomic E-state index is -4.39. The Morgan fingerprint density at radius 3 is 2.33 bits per heavy atom. The lowest BCUT2D eigenvalue weighted by molar-refractivity contribution is -0.149. The van der Waals surface area contributed by atoms with E-state index in [1.54, 1.807) is 109 Å². The number of carbonyl (C=O) groups excluding carboxylic acids is 4. The first-order chi connectivity index (χ1) is 25.7. The highest BCUT2D eigenvalue weighted by Gasteiger charge is 2.62. The van der Waals surface area contributed by atoms with E-state index in [9.17, 15) is 27.6 Å². The van der Waals surface area contributed by atoms with Crippen molar-refractivity contribution < 1.29 is 41.8 Å². The zero-order valence-electron chi connectivity index (χ0n) is 32.4. The lowest BCUT2D eigenvalue weighted by Gasteiger charge is -2.38. The van der Waals surface area contributed by atoms with Crippen LogP contribution in [0.2, 0.25) is 0 Å². The predicted molar refractivity (Wildman–Crippen MR) is 206 cm³/mol. The molecule has 0 radical (unpaired) electrons. The average molecular weight is 779 g/mol. The summed E-state index contributed by atoms with van der Waals surface area (Å²) in [7, 11) is -1.54. The molecular formula is C39H50N6O9S. The molecule has 1 aromatic heterocycles. The molecule has 0 bridgehead atoms. The lowest BCUT2D eigenvalue weighted by atomic mass is 9.85. The average Bonchev–Trinajstić information content (AvgIpc) is 3.68. The lowest BCUT2D eigenvalue weighted by Crippen LogP contribution is -2.62. The third kappa shape index (κ3) is 8.96. The van der Waals surface area contributed by atoms with E-state index in [0.29, 0.717) is 28.1 Å². The molecule has 1 saturated heterocycles. The second-order valence-electron chi connectivity index (χ2n) is 15.8. The van der Waals surface area contributed by atoms with E-state index in [1.807, 2.05) is 0 Å². The molecule has 1 saturated carbocycles. The number of rotatable bonds is 12. The second kappa shape index (κ2) is 15.4. The van der Waals surface area contributed by atoms with Gasteiger partial charge in [-0.1, -0.05) is 45.0 Å². The summed E-state index contributed by atoms with van der Waals surface area (Å²) < 4.78 is 47.0. The summed E-state index contributed by atoms with van der Waals surface area (Å²) in [6.07, 6.45) is 1.61. The summed E-state index contributed by atoms with van der Waals surface area (Å²) in [4.78, 5) is 61.8. The largest absolute Gasteiger partial charge is 0.497 e. The van der Waals surface area contributed by atoms with Gasteiger partial charge in [0.05, 0.1) is 18.3 Å². The van der Waals surface area contributed by atoms with Crippen LogP contribution in [-0.2, 0) is 29.3 Å². The molecule has 0 spiro atoms. The number of amides is 4. The number of aromatic nitrogens is 1. The molecule has 296 valence electrons. The topological polar surface area (TPSA) is 186 Å². The first kappa shape index (κ1) is 40.8. The van der Waals surface area contributed by atoms with Crippen LogP contribution in [0.15, 0.2) is 73.4 Å². The summed E-state index contributed by atoms with van der Waals surface area (Å²) in [6, 6.07) is 12.7. The van der Waals surface area contributed by atoms with E-state index in [2.05, 4.69) is 26.9 Å². The smallest absolute Gasteiger partial charge is 0.408 e. The number of likely N-dealkylation sites (tertiary alicyclic amines) is 1. The standard InChI is InChI=1S/C39H50N6O9S/c1-10-24-23-39(24,35(48)43-55(50,51)44(8)25-14-12-11-13-15-25)42-33(46)29-18-19-31(53-30-20-21-40-28-22-26(52-9)16-17-27(28)30)45(29)34(47)32(37(2,3)4)41-36(49)54-38(5,6)7/h10-17,20-22,24,29,31-32H,1,18-19,23H2,2-9H3,(H,41,49)(H,42,46)(H,43,48)/t24?,29-,31+,32-,39?/m0/s1. The van der Waals surface area contributed by atoms with Gasteiger partial charge in [-0.2, -0.15) is 8.42 Å². The number of fused-ring (bicyclic) bond motifs is 1. The van der Waals surface area contributed by atoms with Gasteiger partial charge < -0.3 is 24.8 Å². The molecule has 5 rings (SSSR count). The molecule has 4 amide bonds. The molecule has 1 aliphatic heterocycles. The first-order valence-corrected chi connectivity index (χ1v) is 19.4. The van der Waals surface area contributed by atoms with Crippen molar-refractivity contribution >= 4 is 50.6 Å². The third-order valence-electron chi connectivity index (χ3n) is 9.59. The summed E-state index contributed by atoms with van der Waals surface area (Å²) in [5.74, 6) is -1.90. The van der Waals surface area contributed by atoms with Crippen LogP contribution in [-0.4, -0.2) is 85.7 Å². The van der Waals surface area contributed by atoms with Crippen LogP contribution in [0.3, 0.4) is 0 Å². The molecule has 2 unspecified atom stereocenters. The number of hydrogen-bond donors (Lipinski definition) is 3. The molecule has 2 aliphatic rings. The van der Waals surface area contributed by atoms with Crippen LogP contribution in [0.4, 0.5) is 10.5 Å². The maximum Gasteiger partial charge on any atom is 0.408 e. The van der Waals surface area contributed by atoms with Crippen molar-refractivity contribution in [3.05, 3.63) is 73.4 Å². The minimum Gasteiger partial charge on any atom is -0.497 e. The number of pyridine rings is 1. The number of alkyl carbamates (subject to hydrolysis) is 1. The van der Waals surface area contributed by atoms with Crippen molar-refractivity contribution in [1.29, 1.82) is 0 Å². The van der Waals surface area contributed by atoms with Gasteiger partial charge in [-0.3, -0.25) is 28.6 Å². The highest BCUT2D eigenvalue weighted by atomic mass is 32.2. The van der Waals surface area contributed by atoms with Crippen molar-refractivity contribution in [2.45, 2.75) is 90.3 Å². The quantitative estimate of drug-likeness (QED) is 0.222. The first-order valence-electron chi connectivity index (χ1n) is 17.9. The Morgan fingerprint density at radius 2 is 1.73 bits per heavy atom. The number of hydrogen-bond acceptors (Lipinski definition) is 10. The fourth-order valence-electron chi connectivity index (χ4n) is 6.54. The Balaban J connectivity index is 1.47. The maximum atomic E-state index is 14.8. The molecule has 2 fully saturated rings. The van der Waals surface area contributed by atoms with E-state index >= 15 is 0 Å². The van der Waals surface area contributed by atoms with E-state index in [1.165, 1.54) is 18.0 Å². The van der Waals surface area contributed by atoms with Crippen molar-refractivity contribution in [2.75, 3.05) is 18.5 Å². The number of nitrogens with one attached hydrogen (secondary N) is 3. The molecule has 2 aromatic carbocycles. The third-order valence-corrected chi connectivity index (χ3v) is 11.0. The fourth-order valence-corrected chi connectivity index (χ4v) is 7.49. The van der Waals surface area contributed by atoms with Crippen molar-refractivity contribution in [2.24, 2.45) is 11.3 Å². The summed E-state index contributed by atoms with van der Waals surface area (Å²) in [5, 5.41) is 6.12.